The van der Waals surface area contributed by atoms with E-state index in [4.69, 9.17) is 4.74 Å². The number of benzene rings is 1. The van der Waals surface area contributed by atoms with Crippen LogP contribution in [0.2, 0.25) is 0 Å². The summed E-state index contributed by atoms with van der Waals surface area (Å²) in [6, 6.07) is 9.75. The van der Waals surface area contributed by atoms with Crippen molar-refractivity contribution in [3.8, 4) is 28.2 Å². The number of rotatable bonds is 7. The first kappa shape index (κ1) is 25.9. The smallest absolute Gasteiger partial charge is 0.407 e. The molecule has 4 aromatic heterocycles. The number of alkyl carbamates (subject to hydrolysis) is 1. The van der Waals surface area contributed by atoms with Gasteiger partial charge in [0.1, 0.15) is 22.5 Å². The minimum Gasteiger partial charge on any atom is -0.453 e. The van der Waals surface area contributed by atoms with Crippen LogP contribution < -0.4 is 5.32 Å². The van der Waals surface area contributed by atoms with Crippen LogP contribution in [-0.2, 0) is 9.53 Å². The molecular formula is C29H31N7O3S. The molecule has 0 saturated carbocycles. The van der Waals surface area contributed by atoms with E-state index >= 15 is 0 Å². The molecule has 1 aliphatic rings. The second-order valence-corrected chi connectivity index (χ2v) is 11.2. The molecule has 6 rings (SSSR count). The molecule has 11 heteroatoms. The normalized spacial score (nSPS) is 16.1. The van der Waals surface area contributed by atoms with Crippen LogP contribution in [-0.4, -0.2) is 61.1 Å². The molecule has 1 aromatic carbocycles. The van der Waals surface area contributed by atoms with Gasteiger partial charge in [-0.2, -0.15) is 0 Å². The largest absolute Gasteiger partial charge is 0.453 e. The lowest BCUT2D eigenvalue weighted by molar-refractivity contribution is -0.135. The van der Waals surface area contributed by atoms with Gasteiger partial charge in [-0.15, -0.1) is 11.3 Å². The summed E-state index contributed by atoms with van der Waals surface area (Å²) in [5, 5.41) is 6.08. The second-order valence-electron chi connectivity index (χ2n) is 10.3. The van der Waals surface area contributed by atoms with Gasteiger partial charge in [0.15, 0.2) is 0 Å². The summed E-state index contributed by atoms with van der Waals surface area (Å²) in [5.74, 6) is 1.50. The van der Waals surface area contributed by atoms with Gasteiger partial charge in [0.25, 0.3) is 0 Å². The summed E-state index contributed by atoms with van der Waals surface area (Å²) in [4.78, 5) is 43.7. The zero-order chi connectivity index (χ0) is 27.8. The molecule has 2 atom stereocenters. The molecule has 0 spiro atoms. The predicted molar refractivity (Wildman–Crippen MR) is 154 cm³/mol. The molecule has 0 aliphatic carbocycles. The fourth-order valence-corrected chi connectivity index (χ4v) is 6.46. The molecule has 3 N–H and O–H groups in total. The summed E-state index contributed by atoms with van der Waals surface area (Å²) < 4.78 is 6.85. The molecule has 40 heavy (non-hydrogen) atoms. The van der Waals surface area contributed by atoms with Crippen LogP contribution in [0.1, 0.15) is 38.6 Å². The average Bonchev–Trinajstić information content (AvgIpc) is 3.78. The highest BCUT2D eigenvalue weighted by Crippen LogP contribution is 2.37. The monoisotopic (exact) mass is 557 g/mol. The standard InChI is InChI=1S/C29H31N7O3S/c1-17(2)25(34-29(38)39-3)27(37)35-11-4-5-23(35)26-31-13-22(33-26)19-8-6-18(7-9-19)21-15-40-28-20(21)10-12-36(28)24-14-30-16-32-24/h6-10,12-17,23,25H,4-5,11H2,1-3H3,(H,30,32)(H,31,33)(H,34,38)/t23?,25-/m0/s1. The lowest BCUT2D eigenvalue weighted by atomic mass is 10.0. The number of amides is 2. The molecule has 1 fully saturated rings. The number of ether oxygens (including phenoxy) is 1. The van der Waals surface area contributed by atoms with Gasteiger partial charge >= 0.3 is 6.09 Å². The van der Waals surface area contributed by atoms with Crippen molar-refractivity contribution >= 4 is 33.6 Å². The predicted octanol–water partition coefficient (Wildman–Crippen LogP) is 5.52. The van der Waals surface area contributed by atoms with E-state index in [9.17, 15) is 9.59 Å². The van der Waals surface area contributed by atoms with Gasteiger partial charge in [-0.25, -0.2) is 14.8 Å². The lowest BCUT2D eigenvalue weighted by Gasteiger charge is -2.30. The Morgan fingerprint density at radius 3 is 2.67 bits per heavy atom. The van der Waals surface area contributed by atoms with Crippen LogP contribution in [0.4, 0.5) is 4.79 Å². The minimum absolute atomic E-state index is 0.0768. The number of methoxy groups -OCH3 is 1. The third-order valence-electron chi connectivity index (χ3n) is 7.51. The number of imidazole rings is 2. The van der Waals surface area contributed by atoms with E-state index < -0.39 is 12.1 Å². The van der Waals surface area contributed by atoms with Gasteiger partial charge in [-0.1, -0.05) is 38.1 Å². The van der Waals surface area contributed by atoms with E-state index in [-0.39, 0.29) is 17.9 Å². The number of nitrogens with one attached hydrogen (secondary N) is 3. The van der Waals surface area contributed by atoms with Crippen LogP contribution in [0.15, 0.2) is 60.6 Å². The van der Waals surface area contributed by atoms with Crippen molar-refractivity contribution in [2.45, 2.75) is 38.8 Å². The number of H-pyrrole nitrogens is 2. The number of aromatic amines is 2. The van der Waals surface area contributed by atoms with Crippen molar-refractivity contribution in [1.82, 2.24) is 34.7 Å². The van der Waals surface area contributed by atoms with Crippen molar-refractivity contribution in [1.29, 1.82) is 0 Å². The van der Waals surface area contributed by atoms with Crippen LogP contribution in [0.3, 0.4) is 0 Å². The van der Waals surface area contributed by atoms with E-state index in [1.54, 1.807) is 17.7 Å². The SMILES string of the molecule is COC(=O)N[C@H](C(=O)N1CCCC1c1ncc(-c2ccc(-c3csc4c3ccn4-c3cnc[nH]3)cc2)[nH]1)C(C)C. The quantitative estimate of drug-likeness (QED) is 0.243. The van der Waals surface area contributed by atoms with Gasteiger partial charge in [-0.3, -0.25) is 9.36 Å². The fraction of sp³-hybridized carbons (Fsp3) is 0.310. The molecule has 0 radical (unpaired) electrons. The number of hydrogen-bond donors (Lipinski definition) is 3. The van der Waals surface area contributed by atoms with Crippen molar-refractivity contribution < 1.29 is 14.3 Å². The Morgan fingerprint density at radius 1 is 1.15 bits per heavy atom. The molecule has 1 aliphatic heterocycles. The molecule has 5 heterocycles. The van der Waals surface area contributed by atoms with Crippen LogP contribution in [0.25, 0.3) is 38.4 Å². The maximum atomic E-state index is 13.4. The van der Waals surface area contributed by atoms with Gasteiger partial charge in [0, 0.05) is 29.1 Å². The van der Waals surface area contributed by atoms with Crippen molar-refractivity contribution in [2.75, 3.05) is 13.7 Å². The van der Waals surface area contributed by atoms with E-state index in [2.05, 4.69) is 71.7 Å². The van der Waals surface area contributed by atoms with Gasteiger partial charge in [0.2, 0.25) is 5.91 Å². The van der Waals surface area contributed by atoms with Crippen molar-refractivity contribution in [2.24, 2.45) is 5.92 Å². The summed E-state index contributed by atoms with van der Waals surface area (Å²) in [7, 11) is 1.30. The number of hydrogen-bond acceptors (Lipinski definition) is 6. The van der Waals surface area contributed by atoms with Crippen LogP contribution in [0.5, 0.6) is 0 Å². The highest BCUT2D eigenvalue weighted by atomic mass is 32.1. The number of thiophene rings is 1. The maximum absolute atomic E-state index is 13.4. The molecule has 10 nitrogen and oxygen atoms in total. The number of aromatic nitrogens is 5. The van der Waals surface area contributed by atoms with Crippen LogP contribution >= 0.6 is 11.3 Å². The molecule has 206 valence electrons. The number of likely N-dealkylation sites (tertiary alicyclic amines) is 1. The summed E-state index contributed by atoms with van der Waals surface area (Å²) in [6.07, 6.45) is 8.46. The molecule has 5 aromatic rings. The zero-order valence-electron chi connectivity index (χ0n) is 22.5. The molecule has 2 amide bonds. The summed E-state index contributed by atoms with van der Waals surface area (Å²) in [6.45, 7) is 4.44. The van der Waals surface area contributed by atoms with Gasteiger partial charge < -0.3 is 24.9 Å². The maximum Gasteiger partial charge on any atom is 0.407 e. The third kappa shape index (κ3) is 4.66. The number of carbonyl (C=O) groups excluding carboxylic acids is 2. The Labute approximate surface area is 235 Å². The van der Waals surface area contributed by atoms with Gasteiger partial charge in [-0.05, 0) is 36.0 Å². The summed E-state index contributed by atoms with van der Waals surface area (Å²) in [5.41, 5.74) is 4.25. The van der Waals surface area contributed by atoms with Crippen molar-refractivity contribution in [3.63, 3.8) is 0 Å². The topological polar surface area (TPSA) is 121 Å². The third-order valence-corrected chi connectivity index (χ3v) is 8.50. The van der Waals surface area contributed by atoms with E-state index in [0.717, 1.165) is 41.3 Å². The number of fused-ring (bicyclic) bond motifs is 1. The Morgan fingerprint density at radius 2 is 1.95 bits per heavy atom. The van der Waals surface area contributed by atoms with Gasteiger partial charge in [0.05, 0.1) is 37.6 Å². The first-order valence-electron chi connectivity index (χ1n) is 13.3. The molecule has 1 unspecified atom stereocenters. The first-order valence-corrected chi connectivity index (χ1v) is 14.2. The Hall–Kier alpha value is -4.38. The average molecular weight is 558 g/mol. The zero-order valence-corrected chi connectivity index (χ0v) is 23.4. The Balaban J connectivity index is 1.20. The highest BCUT2D eigenvalue weighted by molar-refractivity contribution is 7.17. The van der Waals surface area contributed by atoms with E-state index in [0.29, 0.717) is 6.54 Å². The van der Waals surface area contributed by atoms with E-state index in [1.807, 2.05) is 31.1 Å². The number of nitrogens with zero attached hydrogens (tertiary/aromatic N) is 4. The van der Waals surface area contributed by atoms with Crippen LogP contribution in [0, 0.1) is 5.92 Å². The second kappa shape index (κ2) is 10.6. The van der Waals surface area contributed by atoms with E-state index in [1.165, 1.54) is 22.9 Å². The number of carbonyl (C=O) groups is 2. The lowest BCUT2D eigenvalue weighted by Crippen LogP contribution is -2.51. The molecule has 0 bridgehead atoms. The minimum atomic E-state index is -0.657. The summed E-state index contributed by atoms with van der Waals surface area (Å²) >= 11 is 1.71. The molecular weight excluding hydrogens is 526 g/mol. The van der Waals surface area contributed by atoms with Crippen molar-refractivity contribution in [3.05, 3.63) is 66.5 Å². The Kier molecular flexibility index (Phi) is 6.89. The fourth-order valence-electron chi connectivity index (χ4n) is 5.39. The molecule has 1 saturated heterocycles. The first-order chi connectivity index (χ1) is 19.4. The highest BCUT2D eigenvalue weighted by Gasteiger charge is 2.37. The Bertz CT molecular complexity index is 1630.